The molecule has 0 spiro atoms. The maximum absolute atomic E-state index is 10.6. The third kappa shape index (κ3) is 3.63. The lowest BCUT2D eigenvalue weighted by molar-refractivity contribution is -0.132. The summed E-state index contributed by atoms with van der Waals surface area (Å²) in [5.41, 5.74) is 0.754. The topological polar surface area (TPSA) is 49.3 Å². The molecule has 0 radical (unpaired) electrons. The van der Waals surface area contributed by atoms with Gasteiger partial charge < -0.3 is 10.4 Å². The van der Waals surface area contributed by atoms with E-state index in [9.17, 15) is 4.79 Å². The van der Waals surface area contributed by atoms with Gasteiger partial charge in [0.1, 0.15) is 0 Å². The van der Waals surface area contributed by atoms with E-state index in [1.807, 2.05) is 0 Å². The lowest BCUT2D eigenvalue weighted by Gasteiger charge is -2.39. The van der Waals surface area contributed by atoms with Crippen molar-refractivity contribution >= 4 is 5.97 Å². The van der Waals surface area contributed by atoms with Crippen LogP contribution in [0.15, 0.2) is 11.6 Å². The zero-order chi connectivity index (χ0) is 12.2. The molecule has 0 aliphatic heterocycles. The van der Waals surface area contributed by atoms with Crippen LogP contribution in [0.5, 0.6) is 0 Å². The average molecular weight is 225 g/mol. The fourth-order valence-corrected chi connectivity index (χ4v) is 2.31. The Hall–Kier alpha value is -0.830. The molecule has 1 unspecified atom stereocenters. The summed E-state index contributed by atoms with van der Waals surface area (Å²) in [7, 11) is 0. The van der Waals surface area contributed by atoms with Crippen molar-refractivity contribution in [2.24, 2.45) is 5.41 Å². The number of hydrogen-bond acceptors (Lipinski definition) is 2. The van der Waals surface area contributed by atoms with Crippen LogP contribution in [0.2, 0.25) is 0 Å². The van der Waals surface area contributed by atoms with Crippen LogP contribution in [0, 0.1) is 5.41 Å². The molecule has 0 bridgehead atoms. The van der Waals surface area contributed by atoms with Crippen LogP contribution >= 0.6 is 0 Å². The Balaban J connectivity index is 2.42. The van der Waals surface area contributed by atoms with Crippen molar-refractivity contribution in [1.29, 1.82) is 0 Å². The second-order valence-electron chi connectivity index (χ2n) is 5.39. The SMILES string of the molecule is CC(=CCNC1CCCCC1(C)C)C(=O)O. The highest BCUT2D eigenvalue weighted by molar-refractivity contribution is 5.85. The molecule has 0 aromatic carbocycles. The number of nitrogens with one attached hydrogen (secondary N) is 1. The minimum atomic E-state index is -0.829. The van der Waals surface area contributed by atoms with Crippen LogP contribution in [0.25, 0.3) is 0 Å². The molecule has 0 saturated heterocycles. The van der Waals surface area contributed by atoms with Crippen molar-refractivity contribution in [2.75, 3.05) is 6.54 Å². The van der Waals surface area contributed by atoms with Crippen LogP contribution < -0.4 is 5.32 Å². The first-order chi connectivity index (χ1) is 7.43. The van der Waals surface area contributed by atoms with Crippen LogP contribution in [-0.2, 0) is 4.79 Å². The zero-order valence-corrected chi connectivity index (χ0v) is 10.5. The zero-order valence-electron chi connectivity index (χ0n) is 10.5. The highest BCUT2D eigenvalue weighted by Crippen LogP contribution is 2.35. The molecule has 3 heteroatoms. The van der Waals surface area contributed by atoms with Crippen LogP contribution in [0.3, 0.4) is 0 Å². The highest BCUT2D eigenvalue weighted by atomic mass is 16.4. The van der Waals surface area contributed by atoms with Gasteiger partial charge in [-0.2, -0.15) is 0 Å². The van der Waals surface area contributed by atoms with E-state index in [-0.39, 0.29) is 0 Å². The quantitative estimate of drug-likeness (QED) is 0.723. The van der Waals surface area contributed by atoms with Crippen molar-refractivity contribution in [1.82, 2.24) is 5.32 Å². The minimum Gasteiger partial charge on any atom is -0.478 e. The highest BCUT2D eigenvalue weighted by Gasteiger charge is 2.31. The molecule has 92 valence electrons. The third-order valence-electron chi connectivity index (χ3n) is 3.62. The van der Waals surface area contributed by atoms with E-state index in [1.54, 1.807) is 13.0 Å². The van der Waals surface area contributed by atoms with Gasteiger partial charge in [0.2, 0.25) is 0 Å². The van der Waals surface area contributed by atoms with Gasteiger partial charge in [-0.1, -0.05) is 32.8 Å². The van der Waals surface area contributed by atoms with E-state index in [0.29, 0.717) is 23.6 Å². The summed E-state index contributed by atoms with van der Waals surface area (Å²) in [6, 6.07) is 0.513. The summed E-state index contributed by atoms with van der Waals surface area (Å²) in [6.07, 6.45) is 6.81. The largest absolute Gasteiger partial charge is 0.478 e. The van der Waals surface area contributed by atoms with Gasteiger partial charge in [-0.05, 0) is 25.2 Å². The fraction of sp³-hybridized carbons (Fsp3) is 0.769. The molecule has 0 amide bonds. The van der Waals surface area contributed by atoms with E-state index in [2.05, 4.69) is 19.2 Å². The van der Waals surface area contributed by atoms with E-state index in [1.165, 1.54) is 25.7 Å². The Morgan fingerprint density at radius 3 is 2.75 bits per heavy atom. The Kier molecular flexibility index (Phi) is 4.54. The van der Waals surface area contributed by atoms with E-state index >= 15 is 0 Å². The van der Waals surface area contributed by atoms with Crippen molar-refractivity contribution < 1.29 is 9.90 Å². The summed E-state index contributed by atoms with van der Waals surface area (Å²) in [4.78, 5) is 10.6. The summed E-state index contributed by atoms with van der Waals surface area (Å²) < 4.78 is 0. The minimum absolute atomic E-state index is 0.337. The maximum Gasteiger partial charge on any atom is 0.330 e. The molecular weight excluding hydrogens is 202 g/mol. The van der Waals surface area contributed by atoms with Gasteiger partial charge in [-0.3, -0.25) is 0 Å². The van der Waals surface area contributed by atoms with Crippen molar-refractivity contribution in [3.8, 4) is 0 Å². The van der Waals surface area contributed by atoms with Crippen molar-refractivity contribution in [3.63, 3.8) is 0 Å². The Morgan fingerprint density at radius 1 is 1.50 bits per heavy atom. The second kappa shape index (κ2) is 5.48. The van der Waals surface area contributed by atoms with Crippen LogP contribution in [0.4, 0.5) is 0 Å². The molecule has 3 nitrogen and oxygen atoms in total. The summed E-state index contributed by atoms with van der Waals surface area (Å²) in [5, 5.41) is 12.2. The van der Waals surface area contributed by atoms with Crippen molar-refractivity contribution in [2.45, 2.75) is 52.5 Å². The molecule has 0 aromatic heterocycles. The molecule has 1 rings (SSSR count). The summed E-state index contributed by atoms with van der Waals surface area (Å²) in [6.45, 7) is 6.87. The average Bonchev–Trinajstić information content (AvgIpc) is 2.19. The molecule has 0 aromatic rings. The number of carbonyl (C=O) groups is 1. The molecular formula is C13H23NO2. The summed E-state index contributed by atoms with van der Waals surface area (Å²) >= 11 is 0. The van der Waals surface area contributed by atoms with Gasteiger partial charge in [0.05, 0.1) is 0 Å². The van der Waals surface area contributed by atoms with Gasteiger partial charge in [0.15, 0.2) is 0 Å². The van der Waals surface area contributed by atoms with Gasteiger partial charge >= 0.3 is 5.97 Å². The molecule has 1 atom stereocenters. The molecule has 1 aliphatic carbocycles. The summed E-state index contributed by atoms with van der Waals surface area (Å²) in [5.74, 6) is -0.829. The Bertz CT molecular complexity index is 282. The van der Waals surface area contributed by atoms with Gasteiger partial charge in [-0.15, -0.1) is 0 Å². The monoisotopic (exact) mass is 225 g/mol. The second-order valence-corrected chi connectivity index (χ2v) is 5.39. The van der Waals surface area contributed by atoms with Crippen molar-refractivity contribution in [3.05, 3.63) is 11.6 Å². The fourth-order valence-electron chi connectivity index (χ4n) is 2.31. The number of carboxylic acid groups (broad SMARTS) is 1. The van der Waals surface area contributed by atoms with Crippen LogP contribution in [0.1, 0.15) is 46.5 Å². The first kappa shape index (κ1) is 13.2. The first-order valence-corrected chi connectivity index (χ1v) is 6.07. The first-order valence-electron chi connectivity index (χ1n) is 6.07. The lowest BCUT2D eigenvalue weighted by atomic mass is 9.73. The number of rotatable bonds is 4. The van der Waals surface area contributed by atoms with Crippen LogP contribution in [-0.4, -0.2) is 23.7 Å². The number of aliphatic carboxylic acids is 1. The molecule has 1 saturated carbocycles. The number of hydrogen-bond donors (Lipinski definition) is 2. The Labute approximate surface area is 97.9 Å². The van der Waals surface area contributed by atoms with Gasteiger partial charge in [0, 0.05) is 18.2 Å². The van der Waals surface area contributed by atoms with E-state index in [0.717, 1.165) is 0 Å². The third-order valence-corrected chi connectivity index (χ3v) is 3.62. The predicted octanol–water partition coefficient (Wildman–Crippen LogP) is 2.58. The van der Waals surface area contributed by atoms with Gasteiger partial charge in [0.25, 0.3) is 0 Å². The molecule has 1 fully saturated rings. The lowest BCUT2D eigenvalue weighted by Crippen LogP contribution is -2.44. The normalized spacial score (nSPS) is 25.4. The number of carboxylic acids is 1. The Morgan fingerprint density at radius 2 is 2.19 bits per heavy atom. The van der Waals surface area contributed by atoms with E-state index < -0.39 is 5.97 Å². The standard InChI is InChI=1S/C13H23NO2/c1-10(12(15)16)7-9-14-11-6-4-5-8-13(11,2)3/h7,11,14H,4-6,8-9H2,1-3H3,(H,15,16). The van der Waals surface area contributed by atoms with E-state index in [4.69, 9.17) is 5.11 Å². The molecule has 1 aliphatic rings. The smallest absolute Gasteiger partial charge is 0.330 e. The maximum atomic E-state index is 10.6. The molecule has 16 heavy (non-hydrogen) atoms. The molecule has 2 N–H and O–H groups in total. The van der Waals surface area contributed by atoms with Gasteiger partial charge in [-0.25, -0.2) is 4.79 Å². The predicted molar refractivity (Wildman–Crippen MR) is 65.4 cm³/mol. The molecule has 0 heterocycles.